The summed E-state index contributed by atoms with van der Waals surface area (Å²) in [5, 5.41) is 13.0. The van der Waals surface area contributed by atoms with Gasteiger partial charge in [0.25, 0.3) is 0 Å². The number of nitriles is 1. The minimum Gasteiger partial charge on any atom is -0.308 e. The maximum atomic E-state index is 9.67. The summed E-state index contributed by atoms with van der Waals surface area (Å²) in [6, 6.07) is 66.6. The molecule has 5 nitrogen and oxygen atoms in total. The van der Waals surface area contributed by atoms with Gasteiger partial charge in [-0.1, -0.05) is 146 Å². The SMILES string of the molecule is N#Cc1cccc(-c2cc(-c3ccc(-c4nc5ccccc5c5c4c4ccccc4n5-c4ccccc4)cc3)nc(-c3ccc(-c4ccccc4)cc3)n2)c1. The first kappa shape index (κ1) is 32.0. The highest BCUT2D eigenvalue weighted by Crippen LogP contribution is 2.41. The Labute approximate surface area is 318 Å². The van der Waals surface area contributed by atoms with Crippen LogP contribution in [0.25, 0.3) is 94.7 Å². The van der Waals surface area contributed by atoms with Crippen LogP contribution in [0.2, 0.25) is 0 Å². The van der Waals surface area contributed by atoms with Gasteiger partial charge in [-0.15, -0.1) is 0 Å². The first-order valence-corrected chi connectivity index (χ1v) is 18.3. The normalized spacial score (nSPS) is 11.3. The van der Waals surface area contributed by atoms with Gasteiger partial charge in [0, 0.05) is 44.1 Å². The van der Waals surface area contributed by atoms with Crippen molar-refractivity contribution in [1.29, 1.82) is 5.26 Å². The van der Waals surface area contributed by atoms with Crippen molar-refractivity contribution in [1.82, 2.24) is 19.5 Å². The van der Waals surface area contributed by atoms with Crippen molar-refractivity contribution in [3.05, 3.63) is 194 Å². The number of nitrogens with zero attached hydrogens (tertiary/aromatic N) is 5. The molecule has 0 N–H and O–H groups in total. The molecule has 0 fully saturated rings. The molecule has 5 heteroatoms. The zero-order valence-corrected chi connectivity index (χ0v) is 29.6. The lowest BCUT2D eigenvalue weighted by atomic mass is 10.00. The van der Waals surface area contributed by atoms with Gasteiger partial charge in [-0.2, -0.15) is 5.26 Å². The second kappa shape index (κ2) is 13.4. The molecule has 3 aromatic heterocycles. The topological polar surface area (TPSA) is 67.4 Å². The second-order valence-corrected chi connectivity index (χ2v) is 13.6. The van der Waals surface area contributed by atoms with Gasteiger partial charge >= 0.3 is 0 Å². The summed E-state index contributed by atoms with van der Waals surface area (Å²) < 4.78 is 2.37. The van der Waals surface area contributed by atoms with E-state index in [4.69, 9.17) is 15.0 Å². The van der Waals surface area contributed by atoms with Crippen LogP contribution in [0.15, 0.2) is 188 Å². The third-order valence-corrected chi connectivity index (χ3v) is 10.2. The third kappa shape index (κ3) is 5.70. The van der Waals surface area contributed by atoms with Crippen molar-refractivity contribution in [2.24, 2.45) is 0 Å². The van der Waals surface area contributed by atoms with E-state index < -0.39 is 0 Å². The Bertz CT molecular complexity index is 3070. The smallest absolute Gasteiger partial charge is 0.160 e. The predicted octanol–water partition coefficient (Wildman–Crippen LogP) is 12.3. The van der Waals surface area contributed by atoms with Gasteiger partial charge in [-0.05, 0) is 53.6 Å². The van der Waals surface area contributed by atoms with Gasteiger partial charge in [0.2, 0.25) is 0 Å². The number of para-hydroxylation sites is 3. The fraction of sp³-hybridized carbons (Fsp3) is 0. The average molecular weight is 702 g/mol. The summed E-state index contributed by atoms with van der Waals surface area (Å²) in [5.74, 6) is 0.616. The lowest BCUT2D eigenvalue weighted by molar-refractivity contribution is 1.18. The van der Waals surface area contributed by atoms with E-state index in [0.29, 0.717) is 11.4 Å². The summed E-state index contributed by atoms with van der Waals surface area (Å²) >= 11 is 0. The van der Waals surface area contributed by atoms with Crippen LogP contribution in [0.5, 0.6) is 0 Å². The zero-order chi connectivity index (χ0) is 36.7. The van der Waals surface area contributed by atoms with Crippen molar-refractivity contribution < 1.29 is 0 Å². The molecule has 3 heterocycles. The number of hydrogen-bond acceptors (Lipinski definition) is 4. The van der Waals surface area contributed by atoms with Gasteiger partial charge in [0.1, 0.15) is 0 Å². The van der Waals surface area contributed by atoms with Crippen LogP contribution in [0.3, 0.4) is 0 Å². The molecule has 0 unspecified atom stereocenters. The minimum atomic E-state index is 0.582. The predicted molar refractivity (Wildman–Crippen MR) is 224 cm³/mol. The Hall–Kier alpha value is -7.68. The first-order chi connectivity index (χ1) is 27.2. The zero-order valence-electron chi connectivity index (χ0n) is 29.6. The van der Waals surface area contributed by atoms with E-state index in [0.717, 1.165) is 88.9 Å². The van der Waals surface area contributed by atoms with E-state index in [1.54, 1.807) is 0 Å². The lowest BCUT2D eigenvalue weighted by Crippen LogP contribution is -1.97. The van der Waals surface area contributed by atoms with Crippen LogP contribution >= 0.6 is 0 Å². The largest absolute Gasteiger partial charge is 0.308 e. The molecule has 0 saturated heterocycles. The van der Waals surface area contributed by atoms with Crippen LogP contribution in [0.1, 0.15) is 5.56 Å². The molecule has 0 bridgehead atoms. The fourth-order valence-electron chi connectivity index (χ4n) is 7.60. The molecule has 0 radical (unpaired) electrons. The van der Waals surface area contributed by atoms with Crippen molar-refractivity contribution in [3.8, 4) is 68.0 Å². The number of pyridine rings is 1. The Balaban J connectivity index is 1.12. The molecule has 256 valence electrons. The molecule has 0 aliphatic rings. The van der Waals surface area contributed by atoms with Gasteiger partial charge in [0.05, 0.1) is 45.3 Å². The van der Waals surface area contributed by atoms with Crippen LogP contribution in [-0.2, 0) is 0 Å². The van der Waals surface area contributed by atoms with E-state index in [1.165, 1.54) is 0 Å². The van der Waals surface area contributed by atoms with Gasteiger partial charge in [0.15, 0.2) is 5.82 Å². The van der Waals surface area contributed by atoms with Crippen molar-refractivity contribution in [2.45, 2.75) is 0 Å². The fourth-order valence-corrected chi connectivity index (χ4v) is 7.60. The van der Waals surface area contributed by atoms with E-state index in [2.05, 4.69) is 150 Å². The van der Waals surface area contributed by atoms with Crippen molar-refractivity contribution in [3.63, 3.8) is 0 Å². The van der Waals surface area contributed by atoms with E-state index in [1.807, 2.05) is 48.5 Å². The summed E-state index contributed by atoms with van der Waals surface area (Å²) in [6.07, 6.45) is 0. The summed E-state index contributed by atoms with van der Waals surface area (Å²) in [5.41, 5.74) is 13.4. The third-order valence-electron chi connectivity index (χ3n) is 10.2. The molecule has 0 aliphatic carbocycles. The lowest BCUT2D eigenvalue weighted by Gasteiger charge is -2.12. The summed E-state index contributed by atoms with van der Waals surface area (Å²) in [6.45, 7) is 0. The van der Waals surface area contributed by atoms with Gasteiger partial charge < -0.3 is 4.57 Å². The maximum absolute atomic E-state index is 9.67. The second-order valence-electron chi connectivity index (χ2n) is 13.6. The Morgan fingerprint density at radius 2 is 1.02 bits per heavy atom. The Kier molecular flexibility index (Phi) is 7.79. The number of benzene rings is 7. The standard InChI is InChI=1S/C50H31N5/c51-32-33-12-11-15-39(30-33)45-31-44(53-50(54-45)38-28-22-35(23-29-38)34-13-3-1-4-14-34)36-24-26-37(27-25-36)48-47-42-19-8-10-21-46(42)55(40-16-5-2-6-17-40)49(47)41-18-7-9-20-43(41)52-48/h1-31H. The first-order valence-electron chi connectivity index (χ1n) is 18.3. The molecule has 7 aromatic carbocycles. The van der Waals surface area contributed by atoms with Gasteiger partial charge in [-0.3, -0.25) is 0 Å². The number of fused-ring (bicyclic) bond motifs is 5. The molecular formula is C50H31N5. The van der Waals surface area contributed by atoms with Crippen molar-refractivity contribution >= 4 is 32.7 Å². The Morgan fingerprint density at radius 1 is 0.436 bits per heavy atom. The van der Waals surface area contributed by atoms with Crippen LogP contribution in [-0.4, -0.2) is 19.5 Å². The number of aromatic nitrogens is 4. The maximum Gasteiger partial charge on any atom is 0.160 e. The van der Waals surface area contributed by atoms with E-state index >= 15 is 0 Å². The molecule has 10 rings (SSSR count). The molecule has 0 spiro atoms. The average Bonchev–Trinajstić information content (AvgIpc) is 3.62. The van der Waals surface area contributed by atoms with Crippen LogP contribution in [0.4, 0.5) is 0 Å². The molecule has 55 heavy (non-hydrogen) atoms. The van der Waals surface area contributed by atoms with Crippen molar-refractivity contribution in [2.75, 3.05) is 0 Å². The number of rotatable bonds is 6. The monoisotopic (exact) mass is 701 g/mol. The van der Waals surface area contributed by atoms with Crippen LogP contribution < -0.4 is 0 Å². The highest BCUT2D eigenvalue weighted by Gasteiger charge is 2.20. The van der Waals surface area contributed by atoms with E-state index in [9.17, 15) is 5.26 Å². The molecule has 0 aliphatic heterocycles. The van der Waals surface area contributed by atoms with Gasteiger partial charge in [-0.25, -0.2) is 15.0 Å². The highest BCUT2D eigenvalue weighted by atomic mass is 15.0. The summed E-state index contributed by atoms with van der Waals surface area (Å²) in [7, 11) is 0. The number of hydrogen-bond donors (Lipinski definition) is 0. The Morgan fingerprint density at radius 3 is 1.78 bits per heavy atom. The minimum absolute atomic E-state index is 0.582. The quantitative estimate of drug-likeness (QED) is 0.173. The van der Waals surface area contributed by atoms with E-state index in [-0.39, 0.29) is 0 Å². The molecular weight excluding hydrogens is 671 g/mol. The summed E-state index contributed by atoms with van der Waals surface area (Å²) in [4.78, 5) is 15.5. The molecule has 0 saturated carbocycles. The molecule has 10 aromatic rings. The molecule has 0 atom stereocenters. The highest BCUT2D eigenvalue weighted by molar-refractivity contribution is 6.22. The van der Waals surface area contributed by atoms with Crippen LogP contribution in [0, 0.1) is 11.3 Å². The molecule has 0 amide bonds.